The zero-order valence-electron chi connectivity index (χ0n) is 14.9. The van der Waals surface area contributed by atoms with Gasteiger partial charge >= 0.3 is 5.97 Å². The number of nitriles is 1. The van der Waals surface area contributed by atoms with E-state index in [4.69, 9.17) is 14.7 Å². The van der Waals surface area contributed by atoms with Crippen molar-refractivity contribution in [3.8, 4) is 11.8 Å². The Morgan fingerprint density at radius 3 is 2.26 bits per heavy atom. The summed E-state index contributed by atoms with van der Waals surface area (Å²) in [6, 6.07) is 14.5. The van der Waals surface area contributed by atoms with Gasteiger partial charge in [0, 0.05) is 18.2 Å². The molecule has 0 radical (unpaired) electrons. The summed E-state index contributed by atoms with van der Waals surface area (Å²) in [6.45, 7) is 2.48. The zero-order valence-corrected chi connectivity index (χ0v) is 14.9. The summed E-state index contributed by atoms with van der Waals surface area (Å²) in [5.41, 5.74) is 1.41. The number of benzene rings is 2. The van der Waals surface area contributed by atoms with Gasteiger partial charge in [0.25, 0.3) is 0 Å². The maximum atomic E-state index is 12.1. The van der Waals surface area contributed by atoms with E-state index in [1.54, 1.807) is 36.4 Å². The van der Waals surface area contributed by atoms with Crippen molar-refractivity contribution < 1.29 is 23.9 Å². The van der Waals surface area contributed by atoms with E-state index in [1.165, 1.54) is 26.0 Å². The van der Waals surface area contributed by atoms with Gasteiger partial charge in [-0.1, -0.05) is 0 Å². The van der Waals surface area contributed by atoms with E-state index in [9.17, 15) is 14.4 Å². The van der Waals surface area contributed by atoms with Crippen molar-refractivity contribution in [3.63, 3.8) is 0 Å². The third kappa shape index (κ3) is 5.97. The highest BCUT2D eigenvalue weighted by molar-refractivity contribution is 5.98. The molecule has 7 nitrogen and oxygen atoms in total. The number of hydrogen-bond donors (Lipinski definition) is 1. The lowest BCUT2D eigenvalue weighted by Gasteiger charge is -2.13. The Kier molecular flexibility index (Phi) is 6.67. The van der Waals surface area contributed by atoms with Gasteiger partial charge in [-0.15, -0.1) is 0 Å². The predicted molar refractivity (Wildman–Crippen MR) is 97.3 cm³/mol. The van der Waals surface area contributed by atoms with Gasteiger partial charge in [-0.2, -0.15) is 5.26 Å². The molecule has 0 bridgehead atoms. The van der Waals surface area contributed by atoms with Crippen LogP contribution in [0.4, 0.5) is 5.69 Å². The molecular formula is C20H18N2O5. The molecule has 0 saturated heterocycles. The molecule has 2 aromatic carbocycles. The van der Waals surface area contributed by atoms with Crippen LogP contribution in [-0.2, 0) is 14.3 Å². The predicted octanol–water partition coefficient (Wildman–Crippen LogP) is 2.71. The molecule has 0 saturated carbocycles. The molecule has 0 spiro atoms. The lowest BCUT2D eigenvalue weighted by atomic mass is 10.1. The van der Waals surface area contributed by atoms with E-state index in [1.807, 2.05) is 6.07 Å². The summed E-state index contributed by atoms with van der Waals surface area (Å²) in [6.07, 6.45) is -0.909. The first-order chi connectivity index (χ1) is 12.9. The summed E-state index contributed by atoms with van der Waals surface area (Å²) in [4.78, 5) is 35.1. The Bertz CT molecular complexity index is 867. The van der Waals surface area contributed by atoms with Crippen LogP contribution >= 0.6 is 0 Å². The largest absolute Gasteiger partial charge is 0.479 e. The molecule has 0 aromatic heterocycles. The van der Waals surface area contributed by atoms with E-state index in [2.05, 4.69) is 5.32 Å². The minimum atomic E-state index is -0.909. The number of hydrogen-bond acceptors (Lipinski definition) is 6. The fourth-order valence-electron chi connectivity index (χ4n) is 2.14. The number of anilines is 1. The van der Waals surface area contributed by atoms with Crippen LogP contribution in [0.15, 0.2) is 48.5 Å². The van der Waals surface area contributed by atoms with Crippen LogP contribution in [-0.4, -0.2) is 30.4 Å². The number of Topliss-reactive ketones (excluding diaryl/α,β-unsaturated/α-hetero) is 1. The highest BCUT2D eigenvalue weighted by atomic mass is 16.6. The Balaban J connectivity index is 1.85. The van der Waals surface area contributed by atoms with Gasteiger partial charge in [-0.3, -0.25) is 9.59 Å². The van der Waals surface area contributed by atoms with E-state index in [0.717, 1.165) is 0 Å². The lowest BCUT2D eigenvalue weighted by molar-refractivity contribution is -0.149. The average molecular weight is 366 g/mol. The standard InChI is InChI=1S/C20H18N2O5/c1-13(27-18-9-3-15(11-21)4-10-18)20(25)26-12-19(24)16-5-7-17(8-6-16)22-14(2)23/h3-10,13H,12H2,1-2H3,(H,22,23). The average Bonchev–Trinajstić information content (AvgIpc) is 2.66. The minimum absolute atomic E-state index is 0.209. The summed E-state index contributed by atoms with van der Waals surface area (Å²) in [5.74, 6) is -0.844. The first-order valence-electron chi connectivity index (χ1n) is 8.13. The molecule has 1 N–H and O–H groups in total. The van der Waals surface area contributed by atoms with Crippen molar-refractivity contribution in [2.24, 2.45) is 0 Å². The van der Waals surface area contributed by atoms with E-state index >= 15 is 0 Å². The number of ether oxygens (including phenoxy) is 2. The topological polar surface area (TPSA) is 105 Å². The molecule has 2 aromatic rings. The van der Waals surface area contributed by atoms with Crippen molar-refractivity contribution in [2.75, 3.05) is 11.9 Å². The maximum Gasteiger partial charge on any atom is 0.347 e. The minimum Gasteiger partial charge on any atom is -0.479 e. The quantitative estimate of drug-likeness (QED) is 0.597. The third-order valence-electron chi connectivity index (χ3n) is 3.50. The molecule has 0 aliphatic carbocycles. The Labute approximate surface area is 156 Å². The molecular weight excluding hydrogens is 348 g/mol. The Morgan fingerprint density at radius 2 is 1.70 bits per heavy atom. The molecule has 1 unspecified atom stereocenters. The SMILES string of the molecule is CC(=O)Nc1ccc(C(=O)COC(=O)C(C)Oc2ccc(C#N)cc2)cc1. The summed E-state index contributed by atoms with van der Waals surface area (Å²) < 4.78 is 10.4. The number of rotatable bonds is 7. The van der Waals surface area contributed by atoms with Crippen molar-refractivity contribution in [2.45, 2.75) is 20.0 Å². The number of carbonyl (C=O) groups is 3. The van der Waals surface area contributed by atoms with Crippen molar-refractivity contribution in [1.29, 1.82) is 5.26 Å². The van der Waals surface area contributed by atoms with Crippen LogP contribution in [0.3, 0.4) is 0 Å². The molecule has 0 heterocycles. The van der Waals surface area contributed by atoms with Gasteiger partial charge in [0.2, 0.25) is 5.91 Å². The highest BCUT2D eigenvalue weighted by Gasteiger charge is 2.18. The molecule has 0 fully saturated rings. The van der Waals surface area contributed by atoms with Gasteiger partial charge in [-0.05, 0) is 55.5 Å². The second-order valence-corrected chi connectivity index (χ2v) is 5.69. The van der Waals surface area contributed by atoms with Crippen LogP contribution in [0.2, 0.25) is 0 Å². The number of esters is 1. The molecule has 1 amide bonds. The van der Waals surface area contributed by atoms with Gasteiger partial charge in [0.1, 0.15) is 5.75 Å². The normalized spacial score (nSPS) is 11.0. The van der Waals surface area contributed by atoms with E-state index in [-0.39, 0.29) is 11.7 Å². The molecule has 7 heteroatoms. The monoisotopic (exact) mass is 366 g/mol. The lowest BCUT2D eigenvalue weighted by Crippen LogP contribution is -2.28. The Hall–Kier alpha value is -3.66. The van der Waals surface area contributed by atoms with Crippen LogP contribution in [0.1, 0.15) is 29.8 Å². The fourth-order valence-corrected chi connectivity index (χ4v) is 2.14. The summed E-state index contributed by atoms with van der Waals surface area (Å²) >= 11 is 0. The van der Waals surface area contributed by atoms with Crippen molar-refractivity contribution in [3.05, 3.63) is 59.7 Å². The van der Waals surface area contributed by atoms with Gasteiger partial charge in [0.05, 0.1) is 11.6 Å². The van der Waals surface area contributed by atoms with Crippen LogP contribution in [0.5, 0.6) is 5.75 Å². The molecule has 0 aliphatic heterocycles. The second-order valence-electron chi connectivity index (χ2n) is 5.69. The number of carbonyl (C=O) groups excluding carboxylic acids is 3. The Morgan fingerprint density at radius 1 is 1.07 bits per heavy atom. The molecule has 138 valence electrons. The zero-order chi connectivity index (χ0) is 19.8. The number of amides is 1. The van der Waals surface area contributed by atoms with Crippen molar-refractivity contribution >= 4 is 23.3 Å². The fraction of sp³-hybridized carbons (Fsp3) is 0.200. The number of nitrogens with one attached hydrogen (secondary N) is 1. The van der Waals surface area contributed by atoms with Crippen LogP contribution in [0.25, 0.3) is 0 Å². The second kappa shape index (κ2) is 9.15. The third-order valence-corrected chi connectivity index (χ3v) is 3.50. The number of ketones is 1. The van der Waals surface area contributed by atoms with Gasteiger partial charge in [0.15, 0.2) is 18.5 Å². The van der Waals surface area contributed by atoms with E-state index < -0.39 is 18.7 Å². The maximum absolute atomic E-state index is 12.1. The summed E-state index contributed by atoms with van der Waals surface area (Å²) in [5, 5.41) is 11.3. The molecule has 27 heavy (non-hydrogen) atoms. The van der Waals surface area contributed by atoms with Crippen molar-refractivity contribution in [1.82, 2.24) is 0 Å². The van der Waals surface area contributed by atoms with Crippen LogP contribution < -0.4 is 10.1 Å². The molecule has 0 aliphatic rings. The first-order valence-corrected chi connectivity index (χ1v) is 8.13. The smallest absolute Gasteiger partial charge is 0.347 e. The van der Waals surface area contributed by atoms with Gasteiger partial charge < -0.3 is 14.8 Å². The molecule has 2 rings (SSSR count). The first kappa shape index (κ1) is 19.7. The molecule has 1 atom stereocenters. The highest BCUT2D eigenvalue weighted by Crippen LogP contribution is 2.14. The summed E-state index contributed by atoms with van der Waals surface area (Å²) in [7, 11) is 0. The van der Waals surface area contributed by atoms with Crippen LogP contribution in [0, 0.1) is 11.3 Å². The van der Waals surface area contributed by atoms with Gasteiger partial charge in [-0.25, -0.2) is 4.79 Å². The number of nitrogens with zero attached hydrogens (tertiary/aromatic N) is 1. The van der Waals surface area contributed by atoms with E-state index in [0.29, 0.717) is 22.6 Å².